The number of likely N-dealkylation sites (tertiary alicyclic amines) is 2. The smallest absolute Gasteiger partial charge is 0.254 e. The van der Waals surface area contributed by atoms with Gasteiger partial charge in [-0.2, -0.15) is 0 Å². The summed E-state index contributed by atoms with van der Waals surface area (Å²) in [6.07, 6.45) is 5.89. The third kappa shape index (κ3) is 3.62. The molecule has 0 aliphatic carbocycles. The molecule has 0 bridgehead atoms. The first-order chi connectivity index (χ1) is 15.1. The van der Waals surface area contributed by atoms with E-state index in [1.165, 1.54) is 0 Å². The topological polar surface area (TPSA) is 91.4 Å². The maximum Gasteiger partial charge on any atom is 0.254 e. The predicted octanol–water partition coefficient (Wildman–Crippen LogP) is 2.59. The van der Waals surface area contributed by atoms with E-state index in [-0.39, 0.29) is 17.7 Å². The second-order valence-corrected chi connectivity index (χ2v) is 8.17. The Morgan fingerprint density at radius 3 is 2.94 bits per heavy atom. The molecule has 160 valence electrons. The average molecular weight is 419 g/mol. The molecule has 2 fully saturated rings. The Morgan fingerprint density at radius 1 is 1.19 bits per heavy atom. The van der Waals surface area contributed by atoms with Crippen LogP contribution in [0.3, 0.4) is 0 Å². The Kier molecular flexibility index (Phi) is 5.05. The zero-order valence-corrected chi connectivity index (χ0v) is 17.5. The molecule has 2 saturated heterocycles. The van der Waals surface area contributed by atoms with E-state index in [1.54, 1.807) is 42.6 Å². The van der Waals surface area contributed by atoms with E-state index in [0.29, 0.717) is 37.4 Å². The van der Waals surface area contributed by atoms with Crippen molar-refractivity contribution in [2.75, 3.05) is 26.7 Å². The van der Waals surface area contributed by atoms with E-state index < -0.39 is 6.04 Å². The highest BCUT2D eigenvalue weighted by molar-refractivity contribution is 5.98. The number of ether oxygens (including phenoxy) is 1. The lowest BCUT2D eigenvalue weighted by atomic mass is 10.1. The van der Waals surface area contributed by atoms with Crippen molar-refractivity contribution in [2.24, 2.45) is 0 Å². The maximum absolute atomic E-state index is 13.3. The van der Waals surface area contributed by atoms with E-state index in [4.69, 9.17) is 4.74 Å². The van der Waals surface area contributed by atoms with Crippen molar-refractivity contribution in [3.05, 3.63) is 54.1 Å². The number of benzene rings is 1. The third-order valence-corrected chi connectivity index (χ3v) is 6.30. The van der Waals surface area contributed by atoms with E-state index in [0.717, 1.165) is 29.7 Å². The fourth-order valence-corrected chi connectivity index (χ4v) is 4.65. The number of fused-ring (bicyclic) bond motifs is 1. The Labute approximate surface area is 180 Å². The number of carbonyl (C=O) groups excluding carboxylic acids is 2. The lowest BCUT2D eigenvalue weighted by Gasteiger charge is -2.28. The number of aromatic nitrogens is 3. The van der Waals surface area contributed by atoms with Gasteiger partial charge in [-0.3, -0.25) is 14.6 Å². The van der Waals surface area contributed by atoms with Crippen molar-refractivity contribution < 1.29 is 14.3 Å². The normalized spacial score (nSPS) is 21.1. The van der Waals surface area contributed by atoms with Gasteiger partial charge in [-0.05, 0) is 43.5 Å². The van der Waals surface area contributed by atoms with Crippen molar-refractivity contribution >= 4 is 22.8 Å². The van der Waals surface area contributed by atoms with Gasteiger partial charge in [0.05, 0.1) is 24.3 Å². The lowest BCUT2D eigenvalue weighted by Crippen LogP contribution is -2.47. The summed E-state index contributed by atoms with van der Waals surface area (Å²) in [6, 6.07) is 8.58. The summed E-state index contributed by atoms with van der Waals surface area (Å²) >= 11 is 0. The third-order valence-electron chi connectivity index (χ3n) is 6.30. The number of hydrogen-bond donors (Lipinski definition) is 1. The lowest BCUT2D eigenvalue weighted by molar-refractivity contribution is -0.134. The van der Waals surface area contributed by atoms with Crippen molar-refractivity contribution in [2.45, 2.75) is 31.2 Å². The van der Waals surface area contributed by atoms with Crippen molar-refractivity contribution in [1.29, 1.82) is 0 Å². The molecule has 0 radical (unpaired) electrons. The van der Waals surface area contributed by atoms with Crippen LogP contribution >= 0.6 is 0 Å². The predicted molar refractivity (Wildman–Crippen MR) is 115 cm³/mol. The average Bonchev–Trinajstić information content (AvgIpc) is 3.56. The molecule has 0 spiro atoms. The summed E-state index contributed by atoms with van der Waals surface area (Å²) < 4.78 is 5.24. The molecule has 2 aliphatic heterocycles. The molecule has 5 rings (SSSR count). The highest BCUT2D eigenvalue weighted by Crippen LogP contribution is 2.30. The van der Waals surface area contributed by atoms with Gasteiger partial charge in [-0.25, -0.2) is 4.98 Å². The number of methoxy groups -OCH3 is 1. The summed E-state index contributed by atoms with van der Waals surface area (Å²) in [5.74, 6) is 1.62. The number of nitrogens with one attached hydrogen (secondary N) is 1. The molecule has 3 aromatic rings. The number of amides is 2. The van der Waals surface area contributed by atoms with Gasteiger partial charge in [0.15, 0.2) is 0 Å². The van der Waals surface area contributed by atoms with Crippen LogP contribution < -0.4 is 4.74 Å². The summed E-state index contributed by atoms with van der Waals surface area (Å²) in [7, 11) is 1.58. The molecule has 2 atom stereocenters. The summed E-state index contributed by atoms with van der Waals surface area (Å²) in [5, 5.41) is 0. The van der Waals surface area contributed by atoms with Crippen LogP contribution in [0.25, 0.3) is 11.0 Å². The van der Waals surface area contributed by atoms with Crippen LogP contribution in [0.15, 0.2) is 42.7 Å². The second-order valence-electron chi connectivity index (χ2n) is 8.17. The molecule has 8 heteroatoms. The number of nitrogens with zero attached hydrogens (tertiary/aromatic N) is 4. The molecule has 1 N–H and O–H groups in total. The van der Waals surface area contributed by atoms with Gasteiger partial charge in [0.1, 0.15) is 17.6 Å². The van der Waals surface area contributed by atoms with E-state index in [2.05, 4.69) is 15.0 Å². The second kappa shape index (κ2) is 8.02. The first-order valence-electron chi connectivity index (χ1n) is 10.7. The number of carbonyl (C=O) groups is 2. The summed E-state index contributed by atoms with van der Waals surface area (Å²) in [4.78, 5) is 42.2. The van der Waals surface area contributed by atoms with Gasteiger partial charge in [-0.15, -0.1) is 0 Å². The molecule has 31 heavy (non-hydrogen) atoms. The van der Waals surface area contributed by atoms with Crippen LogP contribution in [0, 0.1) is 0 Å². The van der Waals surface area contributed by atoms with Crippen LogP contribution in [0.1, 0.15) is 41.4 Å². The van der Waals surface area contributed by atoms with Gasteiger partial charge in [0, 0.05) is 37.3 Å². The standard InChI is InChI=1S/C23H25N5O3/c1-31-17-5-2-4-15(12-17)22(29)28-10-3-6-20(28)23(30)27-11-8-16(14-27)21-25-18-7-9-24-13-19(18)26-21/h2,4-5,7,9,12-13,16,20H,3,6,8,10-11,14H2,1H3,(H,25,26). The highest BCUT2D eigenvalue weighted by atomic mass is 16.5. The largest absolute Gasteiger partial charge is 0.497 e. The monoisotopic (exact) mass is 419 g/mol. The molecular formula is C23H25N5O3. The van der Waals surface area contributed by atoms with Crippen molar-refractivity contribution in [3.63, 3.8) is 0 Å². The number of H-pyrrole nitrogens is 1. The minimum Gasteiger partial charge on any atom is -0.497 e. The molecule has 2 amide bonds. The molecule has 2 unspecified atom stereocenters. The summed E-state index contributed by atoms with van der Waals surface area (Å²) in [5.41, 5.74) is 2.35. The van der Waals surface area contributed by atoms with Crippen molar-refractivity contribution in [3.8, 4) is 5.75 Å². The Bertz CT molecular complexity index is 1090. The van der Waals surface area contributed by atoms with Crippen LogP contribution in [0.4, 0.5) is 0 Å². The number of aromatic amines is 1. The fourth-order valence-electron chi connectivity index (χ4n) is 4.65. The van der Waals surface area contributed by atoms with Gasteiger partial charge in [-0.1, -0.05) is 6.07 Å². The Hall–Kier alpha value is -3.42. The van der Waals surface area contributed by atoms with Crippen LogP contribution in [0.2, 0.25) is 0 Å². The first-order valence-corrected chi connectivity index (χ1v) is 10.7. The van der Waals surface area contributed by atoms with Gasteiger partial charge < -0.3 is 19.5 Å². The van der Waals surface area contributed by atoms with Crippen molar-refractivity contribution in [1.82, 2.24) is 24.8 Å². The fraction of sp³-hybridized carbons (Fsp3) is 0.391. The van der Waals surface area contributed by atoms with Gasteiger partial charge in [0.2, 0.25) is 5.91 Å². The molecule has 2 aliphatic rings. The van der Waals surface area contributed by atoms with Crippen LogP contribution in [0.5, 0.6) is 5.75 Å². The number of pyridine rings is 1. The molecular weight excluding hydrogens is 394 g/mol. The zero-order valence-electron chi connectivity index (χ0n) is 17.5. The van der Waals surface area contributed by atoms with Gasteiger partial charge in [0.25, 0.3) is 5.91 Å². The number of imidazole rings is 1. The first kappa shape index (κ1) is 19.5. The minimum atomic E-state index is -0.405. The van der Waals surface area contributed by atoms with Crippen LogP contribution in [-0.4, -0.2) is 69.4 Å². The highest BCUT2D eigenvalue weighted by Gasteiger charge is 2.39. The Balaban J connectivity index is 1.29. The van der Waals surface area contributed by atoms with E-state index in [1.807, 2.05) is 17.0 Å². The molecule has 2 aromatic heterocycles. The molecule has 1 aromatic carbocycles. The quantitative estimate of drug-likeness (QED) is 0.702. The van der Waals surface area contributed by atoms with Gasteiger partial charge >= 0.3 is 0 Å². The number of hydrogen-bond acceptors (Lipinski definition) is 5. The molecule has 8 nitrogen and oxygen atoms in total. The zero-order chi connectivity index (χ0) is 21.4. The minimum absolute atomic E-state index is 0.0361. The molecule has 4 heterocycles. The van der Waals surface area contributed by atoms with E-state index >= 15 is 0 Å². The molecule has 0 saturated carbocycles. The number of rotatable bonds is 4. The van der Waals surface area contributed by atoms with E-state index in [9.17, 15) is 9.59 Å². The van der Waals surface area contributed by atoms with Crippen LogP contribution in [-0.2, 0) is 4.79 Å². The summed E-state index contributed by atoms with van der Waals surface area (Å²) in [6.45, 7) is 1.89. The SMILES string of the molecule is COc1cccc(C(=O)N2CCCC2C(=O)N2CCC(c3nc4ccncc4[nH]3)C2)c1. The maximum atomic E-state index is 13.3. The Morgan fingerprint density at radius 2 is 2.10 bits per heavy atom.